The zero-order valence-electron chi connectivity index (χ0n) is 11.1. The van der Waals surface area contributed by atoms with Crippen LogP contribution in [0.5, 0.6) is 0 Å². The van der Waals surface area contributed by atoms with Gasteiger partial charge in [-0.25, -0.2) is 0 Å². The zero-order chi connectivity index (χ0) is 14.9. The molecule has 1 aliphatic heterocycles. The monoisotopic (exact) mass is 302 g/mol. The fourth-order valence-electron chi connectivity index (χ4n) is 2.02. The summed E-state index contributed by atoms with van der Waals surface area (Å²) in [5, 5.41) is 6.14. The van der Waals surface area contributed by atoms with E-state index in [-0.39, 0.29) is 4.90 Å². The van der Waals surface area contributed by atoms with Crippen molar-refractivity contribution in [3.8, 4) is 0 Å². The summed E-state index contributed by atoms with van der Waals surface area (Å²) >= 11 is 0. The van der Waals surface area contributed by atoms with E-state index in [0.29, 0.717) is 18.1 Å². The molecule has 108 valence electrons. The third-order valence-electron chi connectivity index (χ3n) is 3.06. The van der Waals surface area contributed by atoms with Gasteiger partial charge in [-0.05, 0) is 36.4 Å². The third-order valence-corrected chi connectivity index (χ3v) is 4.39. The molecular formula is C14H14N4O2S. The maximum absolute atomic E-state index is 12.2. The second-order valence-corrected chi connectivity index (χ2v) is 6.21. The molecule has 7 heteroatoms. The van der Waals surface area contributed by atoms with Crippen LogP contribution >= 0.6 is 0 Å². The third kappa shape index (κ3) is 2.82. The minimum absolute atomic E-state index is 0.116. The smallest absolute Gasteiger partial charge is 0.284 e. The van der Waals surface area contributed by atoms with Crippen molar-refractivity contribution in [1.29, 1.82) is 0 Å². The van der Waals surface area contributed by atoms with Gasteiger partial charge < -0.3 is 16.4 Å². The molecule has 4 N–H and O–H groups in total. The first kappa shape index (κ1) is 13.4. The highest BCUT2D eigenvalue weighted by molar-refractivity contribution is 7.90. The van der Waals surface area contributed by atoms with E-state index in [4.69, 9.17) is 5.73 Å². The standard InChI is InChI=1S/C14H14N4O2S/c15-10-5-7-11(8-6-10)21(19,20)18-14-9-16-12-3-1-2-4-13(12)17-14/h1-8,16H,9,15H2,(H,17,18). The number of nitrogen functional groups attached to an aromatic ring is 1. The van der Waals surface area contributed by atoms with Gasteiger partial charge in [-0.3, -0.25) is 0 Å². The number of benzene rings is 2. The lowest BCUT2D eigenvalue weighted by Gasteiger charge is -2.21. The number of hydrogen-bond donors (Lipinski definition) is 3. The number of para-hydroxylation sites is 2. The van der Waals surface area contributed by atoms with E-state index in [9.17, 15) is 8.42 Å². The second-order valence-electron chi connectivity index (χ2n) is 4.61. The Balaban J connectivity index is 1.90. The molecule has 2 aromatic carbocycles. The number of nitrogens with two attached hydrogens (primary N) is 1. The van der Waals surface area contributed by atoms with Gasteiger partial charge in [0.05, 0.1) is 22.8 Å². The Morgan fingerprint density at radius 1 is 1.00 bits per heavy atom. The molecule has 2 aromatic rings. The first-order chi connectivity index (χ1) is 10.0. The molecule has 0 atom stereocenters. The zero-order valence-corrected chi connectivity index (χ0v) is 11.9. The van der Waals surface area contributed by atoms with E-state index in [1.807, 2.05) is 24.3 Å². The number of sulfonamides is 1. The topological polar surface area (TPSA) is 96.6 Å². The SMILES string of the molecule is Nc1ccc(S(=O)(=O)/N=C2/CNc3ccccc3N2)cc1. The van der Waals surface area contributed by atoms with Crippen LogP contribution in [0, 0.1) is 0 Å². The molecule has 0 aromatic heterocycles. The number of rotatable bonds is 2. The molecule has 0 fully saturated rings. The summed E-state index contributed by atoms with van der Waals surface area (Å²) < 4.78 is 28.3. The fraction of sp³-hybridized carbons (Fsp3) is 0.0714. The molecule has 21 heavy (non-hydrogen) atoms. The van der Waals surface area contributed by atoms with E-state index < -0.39 is 10.0 Å². The molecule has 0 unspecified atom stereocenters. The second kappa shape index (κ2) is 5.10. The quantitative estimate of drug-likeness (QED) is 0.736. The Bertz CT molecular complexity index is 798. The van der Waals surface area contributed by atoms with Gasteiger partial charge in [-0.15, -0.1) is 4.40 Å². The van der Waals surface area contributed by atoms with Crippen molar-refractivity contribution in [2.45, 2.75) is 4.90 Å². The molecular weight excluding hydrogens is 288 g/mol. The molecule has 0 amide bonds. The van der Waals surface area contributed by atoms with Crippen molar-refractivity contribution in [1.82, 2.24) is 0 Å². The number of nitrogens with one attached hydrogen (secondary N) is 2. The number of amidine groups is 1. The fourth-order valence-corrected chi connectivity index (χ4v) is 3.00. The minimum Gasteiger partial charge on any atom is -0.399 e. The molecule has 0 saturated carbocycles. The Hall–Kier alpha value is -2.54. The van der Waals surface area contributed by atoms with Gasteiger partial charge in [0.1, 0.15) is 5.84 Å². The van der Waals surface area contributed by atoms with Crippen molar-refractivity contribution < 1.29 is 8.42 Å². The van der Waals surface area contributed by atoms with Crippen LogP contribution in [-0.4, -0.2) is 20.8 Å². The number of fused-ring (bicyclic) bond motifs is 1. The molecule has 0 saturated heterocycles. The molecule has 6 nitrogen and oxygen atoms in total. The highest BCUT2D eigenvalue weighted by Crippen LogP contribution is 2.24. The first-order valence-corrected chi connectivity index (χ1v) is 7.78. The van der Waals surface area contributed by atoms with Crippen LogP contribution in [-0.2, 0) is 10.0 Å². The van der Waals surface area contributed by atoms with Crippen molar-refractivity contribution in [2.24, 2.45) is 4.40 Å². The lowest BCUT2D eigenvalue weighted by molar-refractivity contribution is 0.598. The highest BCUT2D eigenvalue weighted by atomic mass is 32.2. The van der Waals surface area contributed by atoms with Crippen LogP contribution in [0.25, 0.3) is 0 Å². The lowest BCUT2D eigenvalue weighted by Crippen LogP contribution is -2.28. The number of anilines is 3. The minimum atomic E-state index is -3.75. The molecule has 0 spiro atoms. The van der Waals surface area contributed by atoms with Crippen molar-refractivity contribution in [3.05, 3.63) is 48.5 Å². The molecule has 1 heterocycles. The van der Waals surface area contributed by atoms with E-state index in [1.54, 1.807) is 0 Å². The first-order valence-electron chi connectivity index (χ1n) is 6.34. The van der Waals surface area contributed by atoms with Crippen LogP contribution < -0.4 is 16.4 Å². The molecule has 0 bridgehead atoms. The van der Waals surface area contributed by atoms with Crippen LogP contribution in [0.15, 0.2) is 57.8 Å². The average Bonchev–Trinajstić information content (AvgIpc) is 2.47. The Kier molecular flexibility index (Phi) is 3.26. The normalized spacial score (nSPS) is 15.9. The Morgan fingerprint density at radius 3 is 2.38 bits per heavy atom. The Morgan fingerprint density at radius 2 is 1.67 bits per heavy atom. The van der Waals surface area contributed by atoms with Gasteiger partial charge >= 0.3 is 0 Å². The number of nitrogens with zero attached hydrogens (tertiary/aromatic N) is 1. The van der Waals surface area contributed by atoms with Crippen molar-refractivity contribution in [2.75, 3.05) is 22.9 Å². The van der Waals surface area contributed by atoms with Crippen molar-refractivity contribution >= 4 is 32.9 Å². The summed E-state index contributed by atoms with van der Waals surface area (Å²) in [6.07, 6.45) is 0. The summed E-state index contributed by atoms with van der Waals surface area (Å²) in [5.41, 5.74) is 7.78. The van der Waals surface area contributed by atoms with E-state index in [2.05, 4.69) is 15.0 Å². The predicted molar refractivity (Wildman–Crippen MR) is 84.0 cm³/mol. The molecule has 0 aliphatic carbocycles. The van der Waals surface area contributed by atoms with Gasteiger partial charge in [-0.1, -0.05) is 12.1 Å². The van der Waals surface area contributed by atoms with E-state index in [1.165, 1.54) is 24.3 Å². The molecule has 1 aliphatic rings. The maximum atomic E-state index is 12.2. The number of hydrogen-bond acceptors (Lipinski definition) is 4. The van der Waals surface area contributed by atoms with E-state index in [0.717, 1.165) is 11.4 Å². The molecule has 0 radical (unpaired) electrons. The van der Waals surface area contributed by atoms with Crippen LogP contribution in [0.1, 0.15) is 0 Å². The summed E-state index contributed by atoms with van der Waals surface area (Å²) in [6.45, 7) is 0.325. The summed E-state index contributed by atoms with van der Waals surface area (Å²) in [4.78, 5) is 0.116. The van der Waals surface area contributed by atoms with Crippen molar-refractivity contribution in [3.63, 3.8) is 0 Å². The van der Waals surface area contributed by atoms with Crippen LogP contribution in [0.2, 0.25) is 0 Å². The van der Waals surface area contributed by atoms with Gasteiger partial charge in [0, 0.05) is 5.69 Å². The highest BCUT2D eigenvalue weighted by Gasteiger charge is 2.17. The van der Waals surface area contributed by atoms with Gasteiger partial charge in [0.25, 0.3) is 10.0 Å². The maximum Gasteiger partial charge on any atom is 0.284 e. The van der Waals surface area contributed by atoms with Gasteiger partial charge in [0.2, 0.25) is 0 Å². The van der Waals surface area contributed by atoms with Gasteiger partial charge in [0.15, 0.2) is 0 Å². The predicted octanol–water partition coefficient (Wildman–Crippen LogP) is 1.89. The van der Waals surface area contributed by atoms with Gasteiger partial charge in [-0.2, -0.15) is 8.42 Å². The summed E-state index contributed by atoms with van der Waals surface area (Å²) in [7, 11) is -3.75. The van der Waals surface area contributed by atoms with Crippen LogP contribution in [0.4, 0.5) is 17.1 Å². The van der Waals surface area contributed by atoms with E-state index >= 15 is 0 Å². The lowest BCUT2D eigenvalue weighted by atomic mass is 10.2. The van der Waals surface area contributed by atoms with Crippen LogP contribution in [0.3, 0.4) is 0 Å². The summed E-state index contributed by atoms with van der Waals surface area (Å²) in [6, 6.07) is 13.5. The molecule has 3 rings (SSSR count). The summed E-state index contributed by atoms with van der Waals surface area (Å²) in [5.74, 6) is 0.352. The Labute approximate surface area is 122 Å². The largest absolute Gasteiger partial charge is 0.399 e. The average molecular weight is 302 g/mol.